The predicted molar refractivity (Wildman–Crippen MR) is 23.2 cm³/mol. The van der Waals surface area contributed by atoms with E-state index < -0.39 is 0 Å². The SMILES string of the molecule is [C].[C].[C].[Hf+4].[Hf+4].[Hf+4].[N-3].[N-3].[N-3].[N-3]. The third-order valence-electron chi connectivity index (χ3n) is 0. The van der Waals surface area contributed by atoms with Crippen LogP contribution in [0.3, 0.4) is 0 Å². The fraction of sp³-hybridized carbons (Fsp3) is 0. The van der Waals surface area contributed by atoms with Crippen molar-refractivity contribution < 1.29 is 77.5 Å². The summed E-state index contributed by atoms with van der Waals surface area (Å²) in [7, 11) is 0. The summed E-state index contributed by atoms with van der Waals surface area (Å²) in [5, 5.41) is 0. The summed E-state index contributed by atoms with van der Waals surface area (Å²) < 4.78 is 0. The second kappa shape index (κ2) is 208. The number of nitrogens with zero attached hydrogens (tertiary/aromatic N) is 4. The quantitative estimate of drug-likeness (QED) is 0.361. The van der Waals surface area contributed by atoms with E-state index in [1.54, 1.807) is 0 Å². The van der Waals surface area contributed by atoms with Crippen molar-refractivity contribution in [3.8, 4) is 0 Å². The summed E-state index contributed by atoms with van der Waals surface area (Å²) in [5.41, 5.74) is 0. The molecule has 0 aromatic heterocycles. The summed E-state index contributed by atoms with van der Waals surface area (Å²) in [5.74, 6) is 0. The Kier molecular flexibility index (Phi) is 5660. The molecule has 0 amide bonds. The van der Waals surface area contributed by atoms with Crippen LogP contribution in [0, 0.1) is 22.3 Å². The van der Waals surface area contributed by atoms with Gasteiger partial charge in [0.2, 0.25) is 0 Å². The molecule has 12 radical (unpaired) electrons. The first kappa shape index (κ1) is 272. The standard InChI is InChI=1S/3C.3Hf.4N/q;;;3*+4;4*-3. The zero-order valence-electron chi connectivity index (χ0n) is 4.79. The van der Waals surface area contributed by atoms with E-state index in [-0.39, 0.29) is 124 Å². The molecule has 0 unspecified atom stereocenters. The van der Waals surface area contributed by atoms with Gasteiger partial charge in [-0.05, 0) is 0 Å². The molecular weight excluding hydrogens is 628 g/mol. The fourth-order valence-corrected chi connectivity index (χ4v) is 0. The molecule has 7 heteroatoms. The summed E-state index contributed by atoms with van der Waals surface area (Å²) in [6.45, 7) is 0. The summed E-state index contributed by atoms with van der Waals surface area (Å²) in [6.07, 6.45) is 0. The minimum absolute atomic E-state index is 0. The Bertz CT molecular complexity index is 15.7. The Morgan fingerprint density at radius 2 is 0.300 bits per heavy atom. The zero-order valence-corrected chi connectivity index (χ0v) is 15.6. The van der Waals surface area contributed by atoms with Gasteiger partial charge in [0.05, 0.1) is 0 Å². The third kappa shape index (κ3) is 155. The van der Waals surface area contributed by atoms with Crippen LogP contribution in [0.25, 0.3) is 24.6 Å². The molecule has 0 rings (SSSR count). The van der Waals surface area contributed by atoms with Gasteiger partial charge in [-0.2, -0.15) is 0 Å². The molecule has 0 aromatic rings. The fourth-order valence-electron chi connectivity index (χ4n) is 0. The average molecular weight is 628 g/mol. The van der Waals surface area contributed by atoms with Gasteiger partial charge >= 0.3 is 77.5 Å². The molecule has 0 saturated carbocycles. The molecule has 0 aromatic carbocycles. The normalized spacial score (nSPS) is 0. The van der Waals surface area contributed by atoms with Crippen LogP contribution in [0.5, 0.6) is 0 Å². The molecule has 0 aliphatic heterocycles. The second-order valence-electron chi connectivity index (χ2n) is 0. The van der Waals surface area contributed by atoms with E-state index >= 15 is 0 Å². The van der Waals surface area contributed by atoms with E-state index in [1.165, 1.54) is 0 Å². The number of hydrogen-bond donors (Lipinski definition) is 0. The number of rotatable bonds is 0. The van der Waals surface area contributed by atoms with Gasteiger partial charge < -0.3 is 24.6 Å². The molecule has 10 heavy (non-hydrogen) atoms. The molecule has 0 atom stereocenters. The van der Waals surface area contributed by atoms with Crippen LogP contribution in [-0.4, -0.2) is 0 Å². The van der Waals surface area contributed by atoms with Crippen LogP contribution in [0.4, 0.5) is 0 Å². The van der Waals surface area contributed by atoms with E-state index in [0.29, 0.717) is 0 Å². The van der Waals surface area contributed by atoms with Crippen molar-refractivity contribution in [2.24, 2.45) is 0 Å². The van der Waals surface area contributed by atoms with Crippen molar-refractivity contribution in [1.29, 1.82) is 0 Å². The van der Waals surface area contributed by atoms with Crippen molar-refractivity contribution in [1.82, 2.24) is 0 Å². The molecule has 4 nitrogen and oxygen atoms in total. The largest absolute Gasteiger partial charge is 4.00 e. The molecule has 0 heterocycles. The van der Waals surface area contributed by atoms with Crippen LogP contribution >= 0.6 is 0 Å². The molecule has 44 valence electrons. The summed E-state index contributed by atoms with van der Waals surface area (Å²) in [4.78, 5) is 0. The number of hydrogen-bond acceptors (Lipinski definition) is 0. The Hall–Kier alpha value is 2.45. The van der Waals surface area contributed by atoms with Crippen molar-refractivity contribution in [2.45, 2.75) is 0 Å². The monoisotopic (exact) mass is 632 g/mol. The van der Waals surface area contributed by atoms with E-state index in [2.05, 4.69) is 0 Å². The topological polar surface area (TPSA) is 122 Å². The summed E-state index contributed by atoms with van der Waals surface area (Å²) >= 11 is 0. The van der Waals surface area contributed by atoms with Crippen molar-refractivity contribution in [2.75, 3.05) is 0 Å². The van der Waals surface area contributed by atoms with Gasteiger partial charge in [-0.15, -0.1) is 0 Å². The van der Waals surface area contributed by atoms with E-state index in [9.17, 15) is 0 Å². The molecular formula is C3Hf3N4. The third-order valence-corrected chi connectivity index (χ3v) is 0. The Labute approximate surface area is 123 Å². The molecule has 0 aliphatic carbocycles. The van der Waals surface area contributed by atoms with Crippen molar-refractivity contribution in [3.05, 3.63) is 46.9 Å². The maximum absolute atomic E-state index is 0. The zero-order chi connectivity index (χ0) is 0. The van der Waals surface area contributed by atoms with Crippen molar-refractivity contribution in [3.63, 3.8) is 0 Å². The Morgan fingerprint density at radius 1 is 0.300 bits per heavy atom. The van der Waals surface area contributed by atoms with E-state index in [0.717, 1.165) is 0 Å². The Morgan fingerprint density at radius 3 is 0.300 bits per heavy atom. The van der Waals surface area contributed by atoms with Crippen LogP contribution in [0.2, 0.25) is 0 Å². The maximum Gasteiger partial charge on any atom is 4.00 e. The average Bonchev–Trinajstić information content (AvgIpc) is 0. The Balaban J connectivity index is 0. The predicted octanol–water partition coefficient (Wildman–Crippen LogP) is 1.39. The summed E-state index contributed by atoms with van der Waals surface area (Å²) in [6, 6.07) is 0. The van der Waals surface area contributed by atoms with Gasteiger partial charge in [0, 0.05) is 22.3 Å². The maximum atomic E-state index is 0. The van der Waals surface area contributed by atoms with Gasteiger partial charge in [0.15, 0.2) is 0 Å². The molecule has 0 fully saturated rings. The molecule has 0 aliphatic rings. The minimum Gasteiger partial charge on any atom is -3.00 e. The minimum atomic E-state index is 0. The first-order valence-corrected chi connectivity index (χ1v) is 0. The molecule has 0 bridgehead atoms. The van der Waals surface area contributed by atoms with Crippen LogP contribution in [-0.2, 0) is 77.5 Å². The first-order chi connectivity index (χ1) is 0. The van der Waals surface area contributed by atoms with Crippen molar-refractivity contribution >= 4 is 0 Å². The molecule has 0 N–H and O–H groups in total. The van der Waals surface area contributed by atoms with Gasteiger partial charge in [-0.3, -0.25) is 0 Å². The van der Waals surface area contributed by atoms with Gasteiger partial charge in [-0.25, -0.2) is 0 Å². The van der Waals surface area contributed by atoms with Crippen LogP contribution < -0.4 is 0 Å². The molecule has 0 saturated heterocycles. The van der Waals surface area contributed by atoms with Crippen LogP contribution in [0.1, 0.15) is 0 Å². The second-order valence-corrected chi connectivity index (χ2v) is 0. The van der Waals surface area contributed by atoms with E-state index in [1.807, 2.05) is 0 Å². The molecule has 0 spiro atoms. The smallest absolute Gasteiger partial charge is 3.00 e. The van der Waals surface area contributed by atoms with E-state index in [4.69, 9.17) is 0 Å². The first-order valence-electron chi connectivity index (χ1n) is 0. The van der Waals surface area contributed by atoms with Crippen LogP contribution in [0.15, 0.2) is 0 Å². The van der Waals surface area contributed by atoms with Gasteiger partial charge in [0.25, 0.3) is 0 Å². The van der Waals surface area contributed by atoms with Gasteiger partial charge in [0.1, 0.15) is 0 Å². The van der Waals surface area contributed by atoms with Gasteiger partial charge in [-0.1, -0.05) is 0 Å².